The molecule has 1 rings (SSSR count). The van der Waals surface area contributed by atoms with E-state index in [1.54, 1.807) is 7.11 Å². The van der Waals surface area contributed by atoms with Gasteiger partial charge < -0.3 is 15.4 Å². The van der Waals surface area contributed by atoms with Crippen molar-refractivity contribution in [3.05, 3.63) is 35.9 Å². The standard InChI is InChI=1S/C14H24N2O/c1-14(11-15,12-16(2)9-10-17-3)13-7-5-4-6-8-13/h4-8H,9-12,15H2,1-3H3. The quantitative estimate of drug-likeness (QED) is 0.779. The molecular weight excluding hydrogens is 212 g/mol. The highest BCUT2D eigenvalue weighted by Crippen LogP contribution is 2.23. The highest BCUT2D eigenvalue weighted by atomic mass is 16.5. The van der Waals surface area contributed by atoms with Gasteiger partial charge >= 0.3 is 0 Å². The maximum absolute atomic E-state index is 5.96. The lowest BCUT2D eigenvalue weighted by atomic mass is 9.82. The molecule has 0 radical (unpaired) electrons. The van der Waals surface area contributed by atoms with Crippen LogP contribution in [0, 0.1) is 0 Å². The topological polar surface area (TPSA) is 38.5 Å². The molecular formula is C14H24N2O. The number of rotatable bonds is 7. The second-order valence-corrected chi connectivity index (χ2v) is 4.86. The molecule has 17 heavy (non-hydrogen) atoms. The smallest absolute Gasteiger partial charge is 0.0589 e. The lowest BCUT2D eigenvalue weighted by molar-refractivity contribution is 0.149. The predicted octanol–water partition coefficient (Wildman–Crippen LogP) is 1.48. The summed E-state index contributed by atoms with van der Waals surface area (Å²) >= 11 is 0. The number of methoxy groups -OCH3 is 1. The van der Waals surface area contributed by atoms with Crippen molar-refractivity contribution in [2.24, 2.45) is 5.73 Å². The van der Waals surface area contributed by atoms with Crippen molar-refractivity contribution < 1.29 is 4.74 Å². The van der Waals surface area contributed by atoms with E-state index in [-0.39, 0.29) is 5.41 Å². The Balaban J connectivity index is 2.69. The molecule has 0 fully saturated rings. The molecule has 3 nitrogen and oxygen atoms in total. The van der Waals surface area contributed by atoms with Crippen LogP contribution in [-0.2, 0) is 10.2 Å². The molecule has 0 amide bonds. The van der Waals surface area contributed by atoms with Crippen molar-refractivity contribution in [1.29, 1.82) is 0 Å². The van der Waals surface area contributed by atoms with Crippen molar-refractivity contribution in [1.82, 2.24) is 4.90 Å². The van der Waals surface area contributed by atoms with E-state index < -0.39 is 0 Å². The summed E-state index contributed by atoms with van der Waals surface area (Å²) in [5.74, 6) is 0. The van der Waals surface area contributed by atoms with Crippen LogP contribution in [-0.4, -0.2) is 45.3 Å². The third-order valence-electron chi connectivity index (χ3n) is 3.22. The second kappa shape index (κ2) is 6.74. The normalized spacial score (nSPS) is 14.9. The summed E-state index contributed by atoms with van der Waals surface area (Å²) in [4.78, 5) is 2.27. The summed E-state index contributed by atoms with van der Waals surface area (Å²) in [5, 5.41) is 0. The van der Waals surface area contributed by atoms with Gasteiger partial charge in [0, 0.05) is 32.2 Å². The van der Waals surface area contributed by atoms with Gasteiger partial charge in [0.15, 0.2) is 0 Å². The molecule has 96 valence electrons. The van der Waals surface area contributed by atoms with E-state index in [0.29, 0.717) is 6.54 Å². The summed E-state index contributed by atoms with van der Waals surface area (Å²) in [6.07, 6.45) is 0. The Kier molecular flexibility index (Phi) is 5.62. The van der Waals surface area contributed by atoms with Gasteiger partial charge in [0.05, 0.1) is 6.61 Å². The van der Waals surface area contributed by atoms with Gasteiger partial charge in [-0.05, 0) is 12.6 Å². The van der Waals surface area contributed by atoms with E-state index in [9.17, 15) is 0 Å². The maximum Gasteiger partial charge on any atom is 0.0589 e. The van der Waals surface area contributed by atoms with Crippen LogP contribution in [0.3, 0.4) is 0 Å². The molecule has 1 unspecified atom stereocenters. The van der Waals surface area contributed by atoms with Crippen LogP contribution >= 0.6 is 0 Å². The third-order valence-corrected chi connectivity index (χ3v) is 3.22. The highest BCUT2D eigenvalue weighted by Gasteiger charge is 2.26. The Morgan fingerprint density at radius 3 is 2.47 bits per heavy atom. The minimum atomic E-state index is 0.00372. The number of likely N-dealkylation sites (N-methyl/N-ethyl adjacent to an activating group) is 1. The van der Waals surface area contributed by atoms with E-state index in [2.05, 4.69) is 43.1 Å². The number of hydrogen-bond acceptors (Lipinski definition) is 3. The van der Waals surface area contributed by atoms with Gasteiger partial charge in [-0.25, -0.2) is 0 Å². The predicted molar refractivity (Wildman–Crippen MR) is 72.2 cm³/mol. The Morgan fingerprint density at radius 1 is 1.29 bits per heavy atom. The Bertz CT molecular complexity index is 315. The molecule has 2 N–H and O–H groups in total. The fourth-order valence-electron chi connectivity index (χ4n) is 2.04. The number of benzene rings is 1. The molecule has 0 aliphatic rings. The van der Waals surface area contributed by atoms with Crippen LogP contribution in [0.5, 0.6) is 0 Å². The van der Waals surface area contributed by atoms with E-state index in [1.807, 2.05) is 6.07 Å². The summed E-state index contributed by atoms with van der Waals surface area (Å²) in [5.41, 5.74) is 7.26. The SMILES string of the molecule is COCCN(C)CC(C)(CN)c1ccccc1. The minimum Gasteiger partial charge on any atom is -0.383 e. The third kappa shape index (κ3) is 4.11. The fraction of sp³-hybridized carbons (Fsp3) is 0.571. The van der Waals surface area contributed by atoms with Crippen LogP contribution in [0.2, 0.25) is 0 Å². The molecule has 1 aromatic rings. The average Bonchev–Trinajstić information content (AvgIpc) is 2.37. The van der Waals surface area contributed by atoms with Crippen LogP contribution in [0.4, 0.5) is 0 Å². The highest BCUT2D eigenvalue weighted by molar-refractivity contribution is 5.25. The van der Waals surface area contributed by atoms with Crippen LogP contribution in [0.1, 0.15) is 12.5 Å². The number of hydrogen-bond donors (Lipinski definition) is 1. The minimum absolute atomic E-state index is 0.00372. The summed E-state index contributed by atoms with van der Waals surface area (Å²) in [7, 11) is 3.84. The maximum atomic E-state index is 5.96. The van der Waals surface area contributed by atoms with Gasteiger partial charge in [0.1, 0.15) is 0 Å². The van der Waals surface area contributed by atoms with Gasteiger partial charge in [-0.1, -0.05) is 37.3 Å². The molecule has 3 heteroatoms. The van der Waals surface area contributed by atoms with Crippen LogP contribution in [0.15, 0.2) is 30.3 Å². The van der Waals surface area contributed by atoms with E-state index in [1.165, 1.54) is 5.56 Å². The number of nitrogens with zero attached hydrogens (tertiary/aromatic N) is 1. The molecule has 0 aliphatic carbocycles. The van der Waals surface area contributed by atoms with Gasteiger partial charge in [0.2, 0.25) is 0 Å². The lowest BCUT2D eigenvalue weighted by Crippen LogP contribution is -2.43. The van der Waals surface area contributed by atoms with Gasteiger partial charge in [-0.15, -0.1) is 0 Å². The first-order chi connectivity index (χ1) is 8.12. The van der Waals surface area contributed by atoms with Gasteiger partial charge in [0.25, 0.3) is 0 Å². The fourth-order valence-corrected chi connectivity index (χ4v) is 2.04. The van der Waals surface area contributed by atoms with Crippen molar-refractivity contribution in [3.63, 3.8) is 0 Å². The van der Waals surface area contributed by atoms with Crippen molar-refractivity contribution in [2.75, 3.05) is 40.4 Å². The molecule has 0 saturated carbocycles. The van der Waals surface area contributed by atoms with E-state index in [4.69, 9.17) is 10.5 Å². The molecule has 1 atom stereocenters. The molecule has 0 spiro atoms. The van der Waals surface area contributed by atoms with Gasteiger partial charge in [-0.3, -0.25) is 0 Å². The molecule has 1 aromatic carbocycles. The van der Waals surface area contributed by atoms with Crippen LogP contribution in [0.25, 0.3) is 0 Å². The van der Waals surface area contributed by atoms with Crippen molar-refractivity contribution in [2.45, 2.75) is 12.3 Å². The summed E-state index contributed by atoms with van der Waals surface area (Å²) in [6.45, 7) is 5.49. The zero-order valence-electron chi connectivity index (χ0n) is 11.1. The summed E-state index contributed by atoms with van der Waals surface area (Å²) in [6, 6.07) is 10.5. The first-order valence-electron chi connectivity index (χ1n) is 6.05. The van der Waals surface area contributed by atoms with Crippen molar-refractivity contribution >= 4 is 0 Å². The first kappa shape index (κ1) is 14.2. The first-order valence-corrected chi connectivity index (χ1v) is 6.05. The molecule has 0 saturated heterocycles. The summed E-state index contributed by atoms with van der Waals surface area (Å²) < 4.78 is 5.09. The number of nitrogens with two attached hydrogens (primary N) is 1. The van der Waals surface area contributed by atoms with Gasteiger partial charge in [-0.2, -0.15) is 0 Å². The van der Waals surface area contributed by atoms with Crippen LogP contribution < -0.4 is 5.73 Å². The number of ether oxygens (including phenoxy) is 1. The van der Waals surface area contributed by atoms with E-state index in [0.717, 1.165) is 19.7 Å². The Hall–Kier alpha value is -0.900. The van der Waals surface area contributed by atoms with E-state index >= 15 is 0 Å². The zero-order chi connectivity index (χ0) is 12.7. The molecule has 0 bridgehead atoms. The second-order valence-electron chi connectivity index (χ2n) is 4.86. The molecule has 0 aliphatic heterocycles. The Labute approximate surface area is 105 Å². The Morgan fingerprint density at radius 2 is 1.94 bits per heavy atom. The molecule has 0 aromatic heterocycles. The lowest BCUT2D eigenvalue weighted by Gasteiger charge is -2.33. The largest absolute Gasteiger partial charge is 0.383 e. The average molecular weight is 236 g/mol. The van der Waals surface area contributed by atoms with Crippen molar-refractivity contribution in [3.8, 4) is 0 Å². The molecule has 0 heterocycles. The monoisotopic (exact) mass is 236 g/mol. The zero-order valence-corrected chi connectivity index (χ0v) is 11.1.